The SMILES string of the molecule is O=C(O)Cc1c[c]c(Cl)cc1. The van der Waals surface area contributed by atoms with E-state index in [1.807, 2.05) is 0 Å². The topological polar surface area (TPSA) is 37.3 Å². The van der Waals surface area contributed by atoms with Gasteiger partial charge in [-0.1, -0.05) is 17.7 Å². The van der Waals surface area contributed by atoms with Gasteiger partial charge in [-0.3, -0.25) is 4.79 Å². The molecule has 57 valence electrons. The number of carboxylic acid groups (broad SMARTS) is 1. The Hall–Kier alpha value is -1.02. The molecule has 1 rings (SSSR count). The minimum absolute atomic E-state index is 0.0215. The molecule has 11 heavy (non-hydrogen) atoms. The maximum Gasteiger partial charge on any atom is 0.307 e. The highest BCUT2D eigenvalue weighted by Gasteiger charge is 1.98. The molecular formula is C8H6ClO2. The lowest BCUT2D eigenvalue weighted by Gasteiger charge is -1.94. The van der Waals surface area contributed by atoms with E-state index in [-0.39, 0.29) is 6.42 Å². The van der Waals surface area contributed by atoms with Gasteiger partial charge in [-0.2, -0.15) is 0 Å². The first kappa shape index (κ1) is 8.08. The molecule has 0 amide bonds. The van der Waals surface area contributed by atoms with Crippen molar-refractivity contribution in [2.24, 2.45) is 0 Å². The molecule has 3 heteroatoms. The van der Waals surface area contributed by atoms with Crippen LogP contribution in [-0.2, 0) is 11.2 Å². The van der Waals surface area contributed by atoms with Crippen molar-refractivity contribution in [1.82, 2.24) is 0 Å². The van der Waals surface area contributed by atoms with E-state index in [9.17, 15) is 4.79 Å². The third-order valence-electron chi connectivity index (χ3n) is 1.19. The van der Waals surface area contributed by atoms with E-state index in [0.717, 1.165) is 0 Å². The van der Waals surface area contributed by atoms with Crippen molar-refractivity contribution in [3.05, 3.63) is 34.9 Å². The van der Waals surface area contributed by atoms with Crippen LogP contribution in [-0.4, -0.2) is 11.1 Å². The summed E-state index contributed by atoms with van der Waals surface area (Å²) >= 11 is 5.55. The normalized spacial score (nSPS) is 9.55. The largest absolute Gasteiger partial charge is 0.481 e. The van der Waals surface area contributed by atoms with Gasteiger partial charge in [0, 0.05) is 11.1 Å². The lowest BCUT2D eigenvalue weighted by Crippen LogP contribution is -1.99. The van der Waals surface area contributed by atoms with Gasteiger partial charge in [-0.15, -0.1) is 0 Å². The zero-order valence-corrected chi connectivity index (χ0v) is 6.43. The first-order valence-electron chi connectivity index (χ1n) is 3.06. The summed E-state index contributed by atoms with van der Waals surface area (Å²) in [4.78, 5) is 10.2. The number of carbonyl (C=O) groups is 1. The van der Waals surface area contributed by atoms with E-state index in [1.54, 1.807) is 18.2 Å². The predicted molar refractivity (Wildman–Crippen MR) is 41.6 cm³/mol. The number of halogens is 1. The lowest BCUT2D eigenvalue weighted by atomic mass is 10.2. The minimum atomic E-state index is -0.847. The molecule has 0 unspecified atom stereocenters. The van der Waals surface area contributed by atoms with Gasteiger partial charge >= 0.3 is 5.97 Å². The van der Waals surface area contributed by atoms with Gasteiger partial charge in [0.05, 0.1) is 6.42 Å². The van der Waals surface area contributed by atoms with Crippen LogP contribution >= 0.6 is 11.6 Å². The van der Waals surface area contributed by atoms with Crippen molar-refractivity contribution in [1.29, 1.82) is 0 Å². The molecule has 1 N–H and O–H groups in total. The number of rotatable bonds is 2. The fraction of sp³-hybridized carbons (Fsp3) is 0.125. The number of carboxylic acids is 1. The molecular weight excluding hydrogens is 164 g/mol. The quantitative estimate of drug-likeness (QED) is 0.733. The third kappa shape index (κ3) is 2.60. The predicted octanol–water partition coefficient (Wildman–Crippen LogP) is 1.77. The van der Waals surface area contributed by atoms with Crippen LogP contribution in [0, 0.1) is 6.07 Å². The molecule has 0 fully saturated rings. The van der Waals surface area contributed by atoms with Crippen LogP contribution in [0.4, 0.5) is 0 Å². The summed E-state index contributed by atoms with van der Waals surface area (Å²) in [6, 6.07) is 7.59. The molecule has 1 aromatic rings. The van der Waals surface area contributed by atoms with Crippen LogP contribution in [0.1, 0.15) is 5.56 Å². The standard InChI is InChI=1S/C8H6ClO2/c9-7-3-1-6(2-4-7)5-8(10)11/h1-3H,5H2,(H,10,11). The molecule has 0 bridgehead atoms. The molecule has 0 aliphatic rings. The Kier molecular flexibility index (Phi) is 2.49. The van der Waals surface area contributed by atoms with Gasteiger partial charge in [0.1, 0.15) is 0 Å². The lowest BCUT2D eigenvalue weighted by molar-refractivity contribution is -0.136. The maximum absolute atomic E-state index is 10.2. The summed E-state index contributed by atoms with van der Waals surface area (Å²) in [6.07, 6.45) is 0.0215. The second-order valence-corrected chi connectivity index (χ2v) is 2.52. The minimum Gasteiger partial charge on any atom is -0.481 e. The summed E-state index contributed by atoms with van der Waals surface area (Å²) < 4.78 is 0. The Labute approximate surface area is 69.4 Å². The summed E-state index contributed by atoms with van der Waals surface area (Å²) in [5, 5.41) is 8.89. The van der Waals surface area contributed by atoms with Crippen molar-refractivity contribution in [2.45, 2.75) is 6.42 Å². The summed E-state index contributed by atoms with van der Waals surface area (Å²) in [5.74, 6) is -0.847. The van der Waals surface area contributed by atoms with Crippen LogP contribution in [0.2, 0.25) is 5.02 Å². The monoisotopic (exact) mass is 169 g/mol. The zero-order chi connectivity index (χ0) is 8.27. The average molecular weight is 170 g/mol. The Morgan fingerprint density at radius 3 is 2.82 bits per heavy atom. The van der Waals surface area contributed by atoms with E-state index in [1.165, 1.54) is 0 Å². The van der Waals surface area contributed by atoms with Gasteiger partial charge < -0.3 is 5.11 Å². The van der Waals surface area contributed by atoms with Crippen LogP contribution in [0.5, 0.6) is 0 Å². The Bertz CT molecular complexity index is 253. The first-order chi connectivity index (χ1) is 5.18. The third-order valence-corrected chi connectivity index (χ3v) is 1.43. The average Bonchev–Trinajstić information content (AvgIpc) is 1.93. The number of hydrogen-bond acceptors (Lipinski definition) is 1. The van der Waals surface area contributed by atoms with Crippen LogP contribution in [0.3, 0.4) is 0 Å². The van der Waals surface area contributed by atoms with E-state index in [2.05, 4.69) is 6.07 Å². The fourth-order valence-corrected chi connectivity index (χ4v) is 0.840. The molecule has 2 nitrogen and oxygen atoms in total. The van der Waals surface area contributed by atoms with Gasteiger partial charge in [0.15, 0.2) is 0 Å². The Balaban J connectivity index is 2.74. The Morgan fingerprint density at radius 2 is 2.36 bits per heavy atom. The molecule has 0 aliphatic heterocycles. The molecule has 1 aromatic carbocycles. The van der Waals surface area contributed by atoms with Gasteiger partial charge in [-0.25, -0.2) is 0 Å². The second kappa shape index (κ2) is 3.39. The number of benzene rings is 1. The van der Waals surface area contributed by atoms with Gasteiger partial charge in [-0.05, 0) is 17.7 Å². The van der Waals surface area contributed by atoms with Crippen LogP contribution in [0.25, 0.3) is 0 Å². The molecule has 1 radical (unpaired) electrons. The van der Waals surface area contributed by atoms with Crippen molar-refractivity contribution in [3.8, 4) is 0 Å². The first-order valence-corrected chi connectivity index (χ1v) is 3.44. The maximum atomic E-state index is 10.2. The molecule has 0 spiro atoms. The van der Waals surface area contributed by atoms with Crippen LogP contribution < -0.4 is 0 Å². The van der Waals surface area contributed by atoms with Crippen molar-refractivity contribution in [2.75, 3.05) is 0 Å². The smallest absolute Gasteiger partial charge is 0.307 e. The molecule has 0 aliphatic carbocycles. The summed E-state index contributed by atoms with van der Waals surface area (Å²) in [7, 11) is 0. The highest BCUT2D eigenvalue weighted by molar-refractivity contribution is 6.30. The Morgan fingerprint density at radius 1 is 1.64 bits per heavy atom. The van der Waals surface area contributed by atoms with Crippen molar-refractivity contribution >= 4 is 17.6 Å². The fourth-order valence-electron chi connectivity index (χ4n) is 0.723. The molecule has 0 atom stereocenters. The molecule has 0 saturated carbocycles. The highest BCUT2D eigenvalue weighted by Crippen LogP contribution is 2.08. The van der Waals surface area contributed by atoms with E-state index < -0.39 is 5.97 Å². The number of aliphatic carboxylic acids is 1. The molecule has 0 aromatic heterocycles. The van der Waals surface area contributed by atoms with E-state index in [0.29, 0.717) is 10.6 Å². The van der Waals surface area contributed by atoms with Crippen LogP contribution in [0.15, 0.2) is 18.2 Å². The van der Waals surface area contributed by atoms with Gasteiger partial charge in [0.25, 0.3) is 0 Å². The summed E-state index contributed by atoms with van der Waals surface area (Å²) in [5.41, 5.74) is 0.710. The van der Waals surface area contributed by atoms with E-state index >= 15 is 0 Å². The highest BCUT2D eigenvalue weighted by atomic mass is 35.5. The van der Waals surface area contributed by atoms with Crippen molar-refractivity contribution in [3.63, 3.8) is 0 Å². The van der Waals surface area contributed by atoms with Crippen molar-refractivity contribution < 1.29 is 9.90 Å². The number of hydrogen-bond donors (Lipinski definition) is 1. The molecule has 0 heterocycles. The van der Waals surface area contributed by atoms with Gasteiger partial charge in [0.2, 0.25) is 0 Å². The van der Waals surface area contributed by atoms with E-state index in [4.69, 9.17) is 16.7 Å². The second-order valence-electron chi connectivity index (χ2n) is 2.12. The zero-order valence-electron chi connectivity index (χ0n) is 5.67. The summed E-state index contributed by atoms with van der Waals surface area (Å²) in [6.45, 7) is 0. The molecule has 0 saturated heterocycles.